The second-order valence-electron chi connectivity index (χ2n) is 10.1. The highest BCUT2D eigenvalue weighted by atomic mass is 16.6. The maximum atomic E-state index is 11.8. The largest absolute Gasteiger partial charge is 0.337 e. The SMILES string of the molecule is Cc1ccc(NC2=Nc3ccccc3N3C2=Nc2c(c(C)nn2-c2ccccc2)[C@@H]3c2cccc([N+](=O)[O-])c2)cc1. The summed E-state index contributed by atoms with van der Waals surface area (Å²) in [4.78, 5) is 23.8. The van der Waals surface area contributed by atoms with Crippen molar-refractivity contribution in [3.63, 3.8) is 0 Å². The van der Waals surface area contributed by atoms with Crippen molar-refractivity contribution in [2.24, 2.45) is 9.98 Å². The summed E-state index contributed by atoms with van der Waals surface area (Å²) in [5, 5.41) is 20.2. The molecule has 0 fully saturated rings. The molecule has 2 aliphatic rings. The number of aliphatic imine (C=N–C) groups is 2. The Labute approximate surface area is 236 Å². The number of aryl methyl sites for hydroxylation is 2. The van der Waals surface area contributed by atoms with Crippen LogP contribution in [0.15, 0.2) is 113 Å². The number of aromatic nitrogens is 2. The van der Waals surface area contributed by atoms with Gasteiger partial charge in [0, 0.05) is 23.4 Å². The van der Waals surface area contributed by atoms with Gasteiger partial charge in [-0.25, -0.2) is 14.7 Å². The zero-order valence-corrected chi connectivity index (χ0v) is 22.4. The van der Waals surface area contributed by atoms with Gasteiger partial charge in [-0.1, -0.05) is 60.2 Å². The number of hydrogen-bond donors (Lipinski definition) is 1. The van der Waals surface area contributed by atoms with Gasteiger partial charge in [-0.15, -0.1) is 0 Å². The summed E-state index contributed by atoms with van der Waals surface area (Å²) < 4.78 is 1.84. The highest BCUT2D eigenvalue weighted by molar-refractivity contribution is 6.51. The minimum atomic E-state index is -0.443. The lowest BCUT2D eigenvalue weighted by molar-refractivity contribution is -0.384. The fourth-order valence-corrected chi connectivity index (χ4v) is 5.44. The van der Waals surface area contributed by atoms with Gasteiger partial charge in [0.2, 0.25) is 0 Å². The van der Waals surface area contributed by atoms with E-state index in [0.29, 0.717) is 17.5 Å². The van der Waals surface area contributed by atoms with Gasteiger partial charge in [-0.05, 0) is 55.8 Å². The van der Waals surface area contributed by atoms with Gasteiger partial charge in [0.15, 0.2) is 17.5 Å². The van der Waals surface area contributed by atoms with Crippen molar-refractivity contribution in [2.45, 2.75) is 19.9 Å². The number of benzene rings is 4. The molecule has 4 aromatic carbocycles. The van der Waals surface area contributed by atoms with E-state index in [2.05, 4.69) is 10.2 Å². The van der Waals surface area contributed by atoms with Crippen LogP contribution in [0.4, 0.5) is 28.6 Å². The molecule has 0 bridgehead atoms. The van der Waals surface area contributed by atoms with E-state index in [1.54, 1.807) is 12.1 Å². The first-order valence-electron chi connectivity index (χ1n) is 13.3. The normalized spacial score (nSPS) is 15.3. The fourth-order valence-electron chi connectivity index (χ4n) is 5.44. The Hall–Kier alpha value is -5.57. The molecule has 7 rings (SSSR count). The Morgan fingerprint density at radius 1 is 0.854 bits per heavy atom. The number of nitrogens with one attached hydrogen (secondary N) is 1. The number of amidine groups is 2. The molecule has 0 saturated heterocycles. The molecule has 2 aliphatic heterocycles. The summed E-state index contributed by atoms with van der Waals surface area (Å²) in [5.41, 5.74) is 6.98. The van der Waals surface area contributed by atoms with Crippen molar-refractivity contribution in [3.05, 3.63) is 136 Å². The molecular weight excluding hydrogens is 514 g/mol. The molecule has 1 N–H and O–H groups in total. The first-order valence-corrected chi connectivity index (χ1v) is 13.3. The number of nitrogens with zero attached hydrogens (tertiary/aromatic N) is 6. The van der Waals surface area contributed by atoms with Gasteiger partial charge in [-0.2, -0.15) is 5.10 Å². The van der Waals surface area contributed by atoms with Gasteiger partial charge in [0.05, 0.1) is 33.7 Å². The first kappa shape index (κ1) is 24.5. The Balaban J connectivity index is 1.50. The molecule has 0 spiro atoms. The maximum absolute atomic E-state index is 11.8. The van der Waals surface area contributed by atoms with Crippen molar-refractivity contribution in [1.29, 1.82) is 0 Å². The molecule has 0 radical (unpaired) electrons. The number of rotatable bonds is 4. The lowest BCUT2D eigenvalue weighted by Crippen LogP contribution is -2.46. The van der Waals surface area contributed by atoms with Crippen molar-refractivity contribution in [1.82, 2.24) is 9.78 Å². The van der Waals surface area contributed by atoms with Gasteiger partial charge < -0.3 is 10.2 Å². The van der Waals surface area contributed by atoms with Crippen molar-refractivity contribution < 1.29 is 4.92 Å². The van der Waals surface area contributed by atoms with Crippen molar-refractivity contribution in [2.75, 3.05) is 10.2 Å². The third kappa shape index (κ3) is 4.15. The predicted molar refractivity (Wildman–Crippen MR) is 161 cm³/mol. The predicted octanol–water partition coefficient (Wildman–Crippen LogP) is 7.19. The summed E-state index contributed by atoms with van der Waals surface area (Å²) in [7, 11) is 0. The summed E-state index contributed by atoms with van der Waals surface area (Å²) in [6, 6.07) is 32.2. The van der Waals surface area contributed by atoms with Crippen molar-refractivity contribution in [3.8, 4) is 5.69 Å². The third-order valence-electron chi connectivity index (χ3n) is 7.35. The minimum Gasteiger partial charge on any atom is -0.337 e. The fraction of sp³-hybridized carbons (Fsp3) is 0.0938. The van der Waals surface area contributed by atoms with Gasteiger partial charge in [0.1, 0.15) is 0 Å². The van der Waals surface area contributed by atoms with Crippen LogP contribution >= 0.6 is 0 Å². The van der Waals surface area contributed by atoms with E-state index in [4.69, 9.17) is 15.1 Å². The van der Waals surface area contributed by atoms with Crippen molar-refractivity contribution >= 4 is 40.2 Å². The lowest BCUT2D eigenvalue weighted by Gasteiger charge is -2.40. The van der Waals surface area contributed by atoms with E-state index in [1.807, 2.05) is 103 Å². The topological polar surface area (TPSA) is 101 Å². The molecule has 200 valence electrons. The lowest BCUT2D eigenvalue weighted by atomic mass is 9.93. The quantitative estimate of drug-likeness (QED) is 0.192. The third-order valence-corrected chi connectivity index (χ3v) is 7.35. The van der Waals surface area contributed by atoms with Gasteiger partial charge in [-0.3, -0.25) is 10.1 Å². The summed E-state index contributed by atoms with van der Waals surface area (Å²) in [6.45, 7) is 4.00. The molecule has 0 aliphatic carbocycles. The average Bonchev–Trinajstić information content (AvgIpc) is 3.33. The number of hydrogen-bond acceptors (Lipinski definition) is 7. The average molecular weight is 540 g/mol. The number of fused-ring (bicyclic) bond motifs is 4. The minimum absolute atomic E-state index is 0.0261. The molecule has 0 unspecified atom stereocenters. The van der Waals surface area contributed by atoms with E-state index in [0.717, 1.165) is 45.1 Å². The number of anilines is 2. The highest BCUT2D eigenvalue weighted by Crippen LogP contribution is 2.48. The molecule has 9 heteroatoms. The number of para-hydroxylation sites is 3. The van der Waals surface area contributed by atoms with Gasteiger partial charge in [0.25, 0.3) is 5.69 Å². The molecule has 3 heterocycles. The van der Waals surface area contributed by atoms with E-state index in [-0.39, 0.29) is 10.6 Å². The Morgan fingerprint density at radius 3 is 2.39 bits per heavy atom. The molecule has 9 nitrogen and oxygen atoms in total. The van der Waals surface area contributed by atoms with E-state index < -0.39 is 6.04 Å². The van der Waals surface area contributed by atoms with E-state index in [9.17, 15) is 10.1 Å². The second kappa shape index (κ2) is 9.56. The number of non-ortho nitro benzene ring substituents is 1. The summed E-state index contributed by atoms with van der Waals surface area (Å²) in [5.74, 6) is 1.84. The molecule has 1 atom stereocenters. The van der Waals surface area contributed by atoms with E-state index >= 15 is 0 Å². The van der Waals surface area contributed by atoms with Crippen LogP contribution in [-0.4, -0.2) is 26.4 Å². The van der Waals surface area contributed by atoms with Crippen LogP contribution in [-0.2, 0) is 0 Å². The van der Waals surface area contributed by atoms with E-state index in [1.165, 1.54) is 6.07 Å². The number of nitro groups is 1. The maximum Gasteiger partial charge on any atom is 0.269 e. The number of nitro benzene ring substituents is 1. The Kier molecular flexibility index (Phi) is 5.71. The highest BCUT2D eigenvalue weighted by Gasteiger charge is 2.41. The zero-order chi connectivity index (χ0) is 28.1. The Bertz CT molecular complexity index is 1870. The first-order chi connectivity index (χ1) is 20.0. The molecule has 5 aromatic rings. The van der Waals surface area contributed by atoms with Crippen LogP contribution in [0.2, 0.25) is 0 Å². The Morgan fingerprint density at radius 2 is 1.61 bits per heavy atom. The van der Waals surface area contributed by atoms with Crippen LogP contribution in [0, 0.1) is 24.0 Å². The molecular formula is C32H25N7O2. The molecule has 41 heavy (non-hydrogen) atoms. The van der Waals surface area contributed by atoms with Crippen LogP contribution in [0.3, 0.4) is 0 Å². The monoisotopic (exact) mass is 539 g/mol. The molecule has 0 amide bonds. The van der Waals surface area contributed by atoms with Crippen LogP contribution in [0.1, 0.15) is 28.4 Å². The van der Waals surface area contributed by atoms with Gasteiger partial charge >= 0.3 is 0 Å². The summed E-state index contributed by atoms with van der Waals surface area (Å²) >= 11 is 0. The van der Waals surface area contributed by atoms with Crippen LogP contribution in [0.25, 0.3) is 5.69 Å². The van der Waals surface area contributed by atoms with Crippen LogP contribution in [0.5, 0.6) is 0 Å². The molecule has 1 aromatic heterocycles. The second-order valence-corrected chi connectivity index (χ2v) is 10.1. The standard InChI is InChI=1S/C32H25N7O2/c1-20-15-17-23(18-16-20)33-30-32-35-31-28(21(2)36-38(31)24-10-4-3-5-11-24)29(22-9-8-12-25(19-22)39(40)41)37(32)27-14-7-6-13-26(27)34-30/h3-19,29H,1-2H3,(H,33,34)/t29-/m0/s1. The summed E-state index contributed by atoms with van der Waals surface area (Å²) in [6.07, 6.45) is 0. The zero-order valence-electron chi connectivity index (χ0n) is 22.4. The molecule has 0 saturated carbocycles. The van der Waals surface area contributed by atoms with Crippen LogP contribution < -0.4 is 10.2 Å². The smallest absolute Gasteiger partial charge is 0.269 e.